The standard InChI is InChI=1S/C25H35BN2O3/c1-23(2,29)19-7-11-21(12-8-19)27-15-17-28(18-16-27)22-13-9-20(10-14-22)26-30-24(3,4)25(5,6)31-26/h7-14,29H,15-18H2,1-6H3. The Balaban J connectivity index is 1.36. The Morgan fingerprint density at radius 3 is 1.52 bits per heavy atom. The van der Waals surface area contributed by atoms with Crippen LogP contribution in [0.15, 0.2) is 48.5 Å². The lowest BCUT2D eigenvalue weighted by Crippen LogP contribution is -2.46. The molecule has 0 aromatic heterocycles. The molecule has 31 heavy (non-hydrogen) atoms. The van der Waals surface area contributed by atoms with Crippen molar-refractivity contribution in [2.45, 2.75) is 58.3 Å². The van der Waals surface area contributed by atoms with Crippen molar-refractivity contribution in [3.05, 3.63) is 54.1 Å². The lowest BCUT2D eigenvalue weighted by Gasteiger charge is -2.37. The highest BCUT2D eigenvalue weighted by atomic mass is 16.7. The van der Waals surface area contributed by atoms with Gasteiger partial charge >= 0.3 is 7.12 Å². The monoisotopic (exact) mass is 422 g/mol. The average Bonchev–Trinajstić information content (AvgIpc) is 2.95. The smallest absolute Gasteiger partial charge is 0.399 e. The van der Waals surface area contributed by atoms with Crippen LogP contribution in [0.1, 0.15) is 47.1 Å². The van der Waals surface area contributed by atoms with E-state index in [2.05, 4.69) is 73.9 Å². The molecule has 5 nitrogen and oxygen atoms in total. The largest absolute Gasteiger partial charge is 0.494 e. The molecule has 0 aliphatic carbocycles. The van der Waals surface area contributed by atoms with Gasteiger partial charge in [-0.1, -0.05) is 24.3 Å². The fourth-order valence-corrected chi connectivity index (χ4v) is 4.12. The SMILES string of the molecule is CC(C)(O)c1ccc(N2CCN(c3ccc(B4OC(C)(C)C(C)(C)O4)cc3)CC2)cc1. The first kappa shape index (κ1) is 22.2. The molecule has 2 fully saturated rings. The van der Waals surface area contributed by atoms with Crippen molar-refractivity contribution in [2.75, 3.05) is 36.0 Å². The molecule has 4 rings (SSSR count). The van der Waals surface area contributed by atoms with Crippen molar-refractivity contribution in [1.82, 2.24) is 0 Å². The number of benzene rings is 2. The van der Waals surface area contributed by atoms with E-state index in [9.17, 15) is 5.11 Å². The molecule has 0 amide bonds. The fourth-order valence-electron chi connectivity index (χ4n) is 4.12. The minimum atomic E-state index is -0.802. The number of piperazine rings is 1. The molecule has 0 unspecified atom stereocenters. The normalized spacial score (nSPS) is 20.9. The molecule has 1 N–H and O–H groups in total. The van der Waals surface area contributed by atoms with Gasteiger partial charge in [0.25, 0.3) is 0 Å². The number of aliphatic hydroxyl groups is 1. The van der Waals surface area contributed by atoms with Crippen LogP contribution in [-0.4, -0.2) is 49.6 Å². The first-order valence-electron chi connectivity index (χ1n) is 11.2. The van der Waals surface area contributed by atoms with Crippen LogP contribution >= 0.6 is 0 Å². The van der Waals surface area contributed by atoms with E-state index in [1.54, 1.807) is 0 Å². The summed E-state index contributed by atoms with van der Waals surface area (Å²) in [5.41, 5.74) is 3.00. The van der Waals surface area contributed by atoms with Crippen molar-refractivity contribution in [2.24, 2.45) is 0 Å². The Morgan fingerprint density at radius 1 is 0.742 bits per heavy atom. The number of nitrogens with zero attached hydrogens (tertiary/aromatic N) is 2. The van der Waals surface area contributed by atoms with Gasteiger partial charge in [0, 0.05) is 37.6 Å². The van der Waals surface area contributed by atoms with Gasteiger partial charge in [-0.05, 0) is 76.8 Å². The molecule has 2 saturated heterocycles. The Hall–Kier alpha value is -2.02. The summed E-state index contributed by atoms with van der Waals surface area (Å²) in [6.07, 6.45) is 0. The second-order valence-electron chi connectivity index (χ2n) is 10.3. The third-order valence-electron chi connectivity index (χ3n) is 7.00. The van der Waals surface area contributed by atoms with Crippen LogP contribution in [0.3, 0.4) is 0 Å². The van der Waals surface area contributed by atoms with E-state index < -0.39 is 5.60 Å². The Labute approximate surface area is 187 Å². The van der Waals surface area contributed by atoms with Gasteiger partial charge in [-0.2, -0.15) is 0 Å². The molecule has 166 valence electrons. The van der Waals surface area contributed by atoms with Crippen molar-refractivity contribution in [3.63, 3.8) is 0 Å². The lowest BCUT2D eigenvalue weighted by molar-refractivity contribution is 0.00578. The Kier molecular flexibility index (Phi) is 5.61. The molecule has 6 heteroatoms. The van der Waals surface area contributed by atoms with Crippen LogP contribution < -0.4 is 15.3 Å². The quantitative estimate of drug-likeness (QED) is 0.764. The molecular formula is C25H35BN2O3. The van der Waals surface area contributed by atoms with Crippen molar-refractivity contribution >= 4 is 24.0 Å². The van der Waals surface area contributed by atoms with Gasteiger partial charge in [0.2, 0.25) is 0 Å². The molecule has 0 saturated carbocycles. The summed E-state index contributed by atoms with van der Waals surface area (Å²) in [7, 11) is -0.317. The molecule has 2 aromatic carbocycles. The maximum absolute atomic E-state index is 10.2. The zero-order valence-corrected chi connectivity index (χ0v) is 19.7. The number of rotatable bonds is 4. The molecular weight excluding hydrogens is 387 g/mol. The summed E-state index contributed by atoms with van der Waals surface area (Å²) in [6, 6.07) is 16.9. The van der Waals surface area contributed by atoms with Crippen molar-refractivity contribution < 1.29 is 14.4 Å². The molecule has 2 aliphatic rings. The molecule has 2 heterocycles. The predicted molar refractivity (Wildman–Crippen MR) is 128 cm³/mol. The highest BCUT2D eigenvalue weighted by Crippen LogP contribution is 2.36. The molecule has 0 bridgehead atoms. The van der Waals surface area contributed by atoms with E-state index in [0.29, 0.717) is 0 Å². The van der Waals surface area contributed by atoms with Crippen LogP contribution in [-0.2, 0) is 14.9 Å². The van der Waals surface area contributed by atoms with Gasteiger partial charge in [-0.25, -0.2) is 0 Å². The number of anilines is 2. The van der Waals surface area contributed by atoms with Crippen LogP contribution in [0.25, 0.3) is 0 Å². The van der Waals surface area contributed by atoms with Gasteiger partial charge in [0.1, 0.15) is 0 Å². The van der Waals surface area contributed by atoms with Crippen LogP contribution in [0.4, 0.5) is 11.4 Å². The second-order valence-corrected chi connectivity index (χ2v) is 10.3. The topological polar surface area (TPSA) is 45.2 Å². The lowest BCUT2D eigenvalue weighted by atomic mass is 9.79. The molecule has 0 radical (unpaired) electrons. The number of hydrogen-bond acceptors (Lipinski definition) is 5. The third kappa shape index (κ3) is 4.47. The zero-order valence-electron chi connectivity index (χ0n) is 19.7. The van der Waals surface area contributed by atoms with Crippen molar-refractivity contribution in [1.29, 1.82) is 0 Å². The van der Waals surface area contributed by atoms with E-state index >= 15 is 0 Å². The van der Waals surface area contributed by atoms with Crippen LogP contribution in [0, 0.1) is 0 Å². The summed E-state index contributed by atoms with van der Waals surface area (Å²) in [6.45, 7) is 15.9. The molecule has 0 spiro atoms. The maximum Gasteiger partial charge on any atom is 0.494 e. The predicted octanol–water partition coefficient (Wildman–Crippen LogP) is 3.54. The van der Waals surface area contributed by atoms with Gasteiger partial charge in [-0.3, -0.25) is 0 Å². The third-order valence-corrected chi connectivity index (χ3v) is 7.00. The van der Waals surface area contributed by atoms with E-state index in [4.69, 9.17) is 9.31 Å². The minimum Gasteiger partial charge on any atom is -0.399 e. The molecule has 0 atom stereocenters. The maximum atomic E-state index is 10.2. The number of hydrogen-bond donors (Lipinski definition) is 1. The highest BCUT2D eigenvalue weighted by Gasteiger charge is 2.51. The first-order valence-corrected chi connectivity index (χ1v) is 11.2. The Bertz CT molecular complexity index is 880. The molecule has 2 aromatic rings. The van der Waals surface area contributed by atoms with E-state index in [0.717, 1.165) is 37.2 Å². The zero-order chi connectivity index (χ0) is 22.4. The minimum absolute atomic E-state index is 0.317. The Morgan fingerprint density at radius 2 is 1.13 bits per heavy atom. The van der Waals surface area contributed by atoms with Gasteiger partial charge in [-0.15, -0.1) is 0 Å². The van der Waals surface area contributed by atoms with Crippen LogP contribution in [0.5, 0.6) is 0 Å². The summed E-state index contributed by atoms with van der Waals surface area (Å²) < 4.78 is 12.3. The van der Waals surface area contributed by atoms with Gasteiger partial charge in [0.15, 0.2) is 0 Å². The summed E-state index contributed by atoms with van der Waals surface area (Å²) in [5.74, 6) is 0. The summed E-state index contributed by atoms with van der Waals surface area (Å²) >= 11 is 0. The fraction of sp³-hybridized carbons (Fsp3) is 0.520. The average molecular weight is 422 g/mol. The molecule has 2 aliphatic heterocycles. The second kappa shape index (κ2) is 7.84. The summed E-state index contributed by atoms with van der Waals surface area (Å²) in [5, 5.41) is 10.2. The first-order chi connectivity index (χ1) is 14.5. The van der Waals surface area contributed by atoms with E-state index in [1.165, 1.54) is 11.4 Å². The van der Waals surface area contributed by atoms with E-state index in [-0.39, 0.29) is 18.3 Å². The van der Waals surface area contributed by atoms with Gasteiger partial charge in [0.05, 0.1) is 16.8 Å². The van der Waals surface area contributed by atoms with Crippen LogP contribution in [0.2, 0.25) is 0 Å². The van der Waals surface area contributed by atoms with Crippen molar-refractivity contribution in [3.8, 4) is 0 Å². The summed E-state index contributed by atoms with van der Waals surface area (Å²) in [4.78, 5) is 4.83. The van der Waals surface area contributed by atoms with Gasteiger partial charge < -0.3 is 24.2 Å². The highest BCUT2D eigenvalue weighted by molar-refractivity contribution is 6.62. The van der Waals surface area contributed by atoms with E-state index in [1.807, 2.05) is 26.0 Å².